The average molecular weight is 332 g/mol. The van der Waals surface area contributed by atoms with Crippen LogP contribution in [0.5, 0.6) is 0 Å². The Morgan fingerprint density at radius 3 is 2.86 bits per heavy atom. The number of sulfonamides is 1. The summed E-state index contributed by atoms with van der Waals surface area (Å²) in [4.78, 5) is 11.6. The minimum absolute atomic E-state index is 0.0174. The largest absolute Gasteiger partial charge is 0.355 e. The van der Waals surface area contributed by atoms with Crippen LogP contribution >= 0.6 is 11.6 Å². The number of fused-ring (bicyclic) bond motifs is 1. The van der Waals surface area contributed by atoms with E-state index in [1.165, 1.54) is 25.1 Å². The zero-order chi connectivity index (χ0) is 15.6. The number of nitrogens with zero attached hydrogens (tertiary/aromatic N) is 1. The van der Waals surface area contributed by atoms with Crippen LogP contribution in [0.15, 0.2) is 27.6 Å². The number of carbonyl (C=O) groups excluding carboxylic acids is 1. The predicted octanol–water partition coefficient (Wildman–Crippen LogP) is 1.28. The van der Waals surface area contributed by atoms with E-state index in [1.54, 1.807) is 6.92 Å². The molecular weight excluding hydrogens is 318 g/mol. The molecule has 0 unspecified atom stereocenters. The maximum atomic E-state index is 12.2. The molecule has 9 heteroatoms. The van der Waals surface area contributed by atoms with Gasteiger partial charge in [0.15, 0.2) is 10.7 Å². The molecule has 7 nitrogen and oxygen atoms in total. The summed E-state index contributed by atoms with van der Waals surface area (Å²) < 4.78 is 31.7. The molecule has 0 radical (unpaired) electrons. The fourth-order valence-electron chi connectivity index (χ4n) is 1.74. The molecule has 1 heterocycles. The van der Waals surface area contributed by atoms with Crippen LogP contribution < -0.4 is 10.0 Å². The number of nitrogens with one attached hydrogen (secondary N) is 2. The Hall–Kier alpha value is -1.64. The second-order valence-electron chi connectivity index (χ2n) is 4.37. The van der Waals surface area contributed by atoms with E-state index in [9.17, 15) is 13.2 Å². The van der Waals surface area contributed by atoms with E-state index in [0.717, 1.165) is 0 Å². The molecule has 0 bridgehead atoms. The summed E-state index contributed by atoms with van der Waals surface area (Å²) in [5.74, 6) is -0.398. The highest BCUT2D eigenvalue weighted by Gasteiger charge is 2.22. The Kier molecular flexibility index (Phi) is 4.50. The molecule has 0 saturated carbocycles. The lowest BCUT2D eigenvalue weighted by Gasteiger charge is -2.13. The molecular formula is C12H14ClN3O4S. The van der Waals surface area contributed by atoms with E-state index in [2.05, 4.69) is 15.2 Å². The second kappa shape index (κ2) is 6.00. The van der Waals surface area contributed by atoms with E-state index >= 15 is 0 Å². The van der Waals surface area contributed by atoms with Crippen LogP contribution in [0.2, 0.25) is 5.15 Å². The summed E-state index contributed by atoms with van der Waals surface area (Å²) in [6.45, 7) is 3.64. The number of carbonyl (C=O) groups is 1. The summed E-state index contributed by atoms with van der Waals surface area (Å²) in [6.07, 6.45) is 0. The molecule has 1 atom stereocenters. The molecule has 0 aliphatic carbocycles. The first-order valence-corrected chi connectivity index (χ1v) is 8.06. The summed E-state index contributed by atoms with van der Waals surface area (Å²) in [5, 5.41) is 6.56. The van der Waals surface area contributed by atoms with Gasteiger partial charge >= 0.3 is 0 Å². The van der Waals surface area contributed by atoms with Crippen LogP contribution in [-0.2, 0) is 14.8 Å². The van der Waals surface area contributed by atoms with Gasteiger partial charge in [-0.3, -0.25) is 4.79 Å². The van der Waals surface area contributed by atoms with Gasteiger partial charge in [0.1, 0.15) is 0 Å². The zero-order valence-electron chi connectivity index (χ0n) is 11.4. The van der Waals surface area contributed by atoms with Crippen LogP contribution in [-0.4, -0.2) is 32.1 Å². The van der Waals surface area contributed by atoms with E-state index in [1.807, 2.05) is 0 Å². The molecule has 1 aromatic carbocycles. The highest BCUT2D eigenvalue weighted by Crippen LogP contribution is 2.25. The van der Waals surface area contributed by atoms with Crippen molar-refractivity contribution < 1.29 is 17.7 Å². The van der Waals surface area contributed by atoms with Gasteiger partial charge in [-0.25, -0.2) is 8.42 Å². The summed E-state index contributed by atoms with van der Waals surface area (Å²) in [7, 11) is -3.85. The smallest absolute Gasteiger partial charge is 0.241 e. The van der Waals surface area contributed by atoms with Crippen molar-refractivity contribution in [2.75, 3.05) is 6.54 Å². The van der Waals surface area contributed by atoms with E-state index < -0.39 is 22.0 Å². The third-order valence-electron chi connectivity index (χ3n) is 2.78. The number of rotatable bonds is 5. The minimum atomic E-state index is -3.85. The van der Waals surface area contributed by atoms with Gasteiger partial charge in [0.25, 0.3) is 0 Å². The number of halogens is 1. The second-order valence-corrected chi connectivity index (χ2v) is 6.44. The number of hydrogen-bond acceptors (Lipinski definition) is 5. The quantitative estimate of drug-likeness (QED) is 0.859. The summed E-state index contributed by atoms with van der Waals surface area (Å²) in [5.41, 5.74) is 0.385. The van der Waals surface area contributed by atoms with Crippen molar-refractivity contribution in [1.29, 1.82) is 0 Å². The van der Waals surface area contributed by atoms with Gasteiger partial charge in [0.05, 0.1) is 16.3 Å². The van der Waals surface area contributed by atoms with Crippen molar-refractivity contribution in [2.24, 2.45) is 0 Å². The third-order valence-corrected chi connectivity index (χ3v) is 4.59. The van der Waals surface area contributed by atoms with Crippen molar-refractivity contribution in [3.05, 3.63) is 23.4 Å². The maximum absolute atomic E-state index is 12.2. The molecule has 2 N–H and O–H groups in total. The minimum Gasteiger partial charge on any atom is -0.355 e. The van der Waals surface area contributed by atoms with Crippen LogP contribution in [0, 0.1) is 0 Å². The Morgan fingerprint density at radius 2 is 2.19 bits per heavy atom. The molecule has 0 spiro atoms. The van der Waals surface area contributed by atoms with Crippen LogP contribution in [0.4, 0.5) is 0 Å². The first-order chi connectivity index (χ1) is 9.85. The van der Waals surface area contributed by atoms with Crippen molar-refractivity contribution in [3.63, 3.8) is 0 Å². The molecule has 21 heavy (non-hydrogen) atoms. The highest BCUT2D eigenvalue weighted by atomic mass is 35.5. The van der Waals surface area contributed by atoms with E-state index in [4.69, 9.17) is 16.1 Å². The number of likely N-dealkylation sites (N-methyl/N-ethyl adjacent to an activating group) is 1. The van der Waals surface area contributed by atoms with Gasteiger partial charge in [-0.2, -0.15) is 4.72 Å². The summed E-state index contributed by atoms with van der Waals surface area (Å²) >= 11 is 5.81. The standard InChI is InChI=1S/C12H14ClN3O4S/c1-3-14-12(17)7(2)16-21(18,19)8-4-5-10-9(6-8)11(13)15-20-10/h4-7,16H,3H2,1-2H3,(H,14,17)/t7-/m0/s1. The van der Waals surface area contributed by atoms with Gasteiger partial charge in [0.2, 0.25) is 15.9 Å². The Balaban J connectivity index is 2.29. The fourth-order valence-corrected chi connectivity index (χ4v) is 3.15. The lowest BCUT2D eigenvalue weighted by molar-refractivity contribution is -0.122. The molecule has 0 fully saturated rings. The molecule has 114 valence electrons. The highest BCUT2D eigenvalue weighted by molar-refractivity contribution is 7.89. The lowest BCUT2D eigenvalue weighted by Crippen LogP contribution is -2.44. The zero-order valence-corrected chi connectivity index (χ0v) is 13.0. The Bertz CT molecular complexity index is 772. The SMILES string of the molecule is CCNC(=O)[C@H](C)NS(=O)(=O)c1ccc2onc(Cl)c2c1. The summed E-state index contributed by atoms with van der Waals surface area (Å²) in [6, 6.07) is 3.28. The monoisotopic (exact) mass is 331 g/mol. The Labute approximate surface area is 126 Å². The van der Waals surface area contributed by atoms with Gasteiger partial charge in [-0.15, -0.1) is 0 Å². The number of benzene rings is 1. The van der Waals surface area contributed by atoms with Gasteiger partial charge < -0.3 is 9.84 Å². The van der Waals surface area contributed by atoms with Gasteiger partial charge in [0, 0.05) is 6.54 Å². The van der Waals surface area contributed by atoms with Crippen molar-refractivity contribution in [1.82, 2.24) is 15.2 Å². The first kappa shape index (κ1) is 15.7. The maximum Gasteiger partial charge on any atom is 0.241 e. The molecule has 1 amide bonds. The van der Waals surface area contributed by atoms with Crippen LogP contribution in [0.1, 0.15) is 13.8 Å². The molecule has 0 saturated heterocycles. The molecule has 0 aliphatic rings. The average Bonchev–Trinajstić information content (AvgIpc) is 2.80. The number of aromatic nitrogens is 1. The van der Waals surface area contributed by atoms with E-state index in [-0.39, 0.29) is 10.0 Å². The van der Waals surface area contributed by atoms with Crippen molar-refractivity contribution in [2.45, 2.75) is 24.8 Å². The number of hydrogen-bond donors (Lipinski definition) is 2. The van der Waals surface area contributed by atoms with Crippen molar-refractivity contribution >= 4 is 38.5 Å². The predicted molar refractivity (Wildman–Crippen MR) is 77.5 cm³/mol. The molecule has 2 rings (SSSR count). The third kappa shape index (κ3) is 3.34. The van der Waals surface area contributed by atoms with Gasteiger partial charge in [-0.1, -0.05) is 16.8 Å². The van der Waals surface area contributed by atoms with Crippen LogP contribution in [0.25, 0.3) is 11.0 Å². The first-order valence-electron chi connectivity index (χ1n) is 6.20. The Morgan fingerprint density at radius 1 is 1.48 bits per heavy atom. The molecule has 2 aromatic rings. The van der Waals surface area contributed by atoms with Crippen molar-refractivity contribution in [3.8, 4) is 0 Å². The van der Waals surface area contributed by atoms with E-state index in [0.29, 0.717) is 17.5 Å². The lowest BCUT2D eigenvalue weighted by atomic mass is 10.3. The normalized spacial score (nSPS) is 13.3. The fraction of sp³-hybridized carbons (Fsp3) is 0.333. The topological polar surface area (TPSA) is 101 Å². The molecule has 1 aromatic heterocycles. The van der Waals surface area contributed by atoms with Gasteiger partial charge in [-0.05, 0) is 32.0 Å². The molecule has 0 aliphatic heterocycles. The van der Waals surface area contributed by atoms with Crippen LogP contribution in [0.3, 0.4) is 0 Å². The number of amides is 1.